The molecular weight excluding hydrogens is 618 g/mol. The number of hydrogen-bond donors (Lipinski definition) is 8. The monoisotopic (exact) mass is 663 g/mol. The molecule has 0 bridgehead atoms. The smallest absolute Gasteiger partial charge is 0.269 e. The maximum absolute atomic E-state index is 13.0. The van der Waals surface area contributed by atoms with E-state index >= 15 is 0 Å². The van der Waals surface area contributed by atoms with Gasteiger partial charge < -0.3 is 38.1 Å². The van der Waals surface area contributed by atoms with E-state index in [4.69, 9.17) is 11.5 Å². The predicted octanol–water partition coefficient (Wildman–Crippen LogP) is -2.24. The Kier molecular flexibility index (Phi) is 16.6. The maximum Gasteiger partial charge on any atom is 0.269 e. The molecule has 0 spiro atoms. The van der Waals surface area contributed by atoms with E-state index in [9.17, 15) is 43.7 Å². The molecule has 7 amide bonds. The SMILES string of the molecule is CC(=O)N[C@@H](C)C(=O)N[C@@H](C)C(=O)N[C@@H](CCCCN)C(=O)NC(=O)[C@H](C)NC(=O)[C@H](C)NC(=O)[C@@H](N)Cc1ccc([N+](=O)[O-])cc1. The molecule has 0 saturated heterocycles. The summed E-state index contributed by atoms with van der Waals surface area (Å²) in [4.78, 5) is 97.4. The highest BCUT2D eigenvalue weighted by atomic mass is 16.6. The molecule has 0 radical (unpaired) electrons. The van der Waals surface area contributed by atoms with E-state index in [1.54, 1.807) is 0 Å². The predicted molar refractivity (Wildman–Crippen MR) is 169 cm³/mol. The summed E-state index contributed by atoms with van der Waals surface area (Å²) in [6.07, 6.45) is 1.12. The topological polar surface area (TPSA) is 287 Å². The zero-order valence-electron chi connectivity index (χ0n) is 27.1. The van der Waals surface area contributed by atoms with Crippen LogP contribution in [0.15, 0.2) is 24.3 Å². The Hall–Kier alpha value is -4.97. The van der Waals surface area contributed by atoms with Crippen LogP contribution in [-0.2, 0) is 40.0 Å². The average Bonchev–Trinajstić information content (AvgIpc) is 2.99. The molecule has 0 aromatic heterocycles. The number of amides is 7. The number of nitro benzene ring substituents is 1. The van der Waals surface area contributed by atoms with Crippen molar-refractivity contribution in [1.82, 2.24) is 31.9 Å². The van der Waals surface area contributed by atoms with Gasteiger partial charge in [0.2, 0.25) is 41.4 Å². The molecule has 47 heavy (non-hydrogen) atoms. The molecule has 10 N–H and O–H groups in total. The summed E-state index contributed by atoms with van der Waals surface area (Å²) in [6.45, 7) is 7.06. The molecule has 0 aliphatic carbocycles. The van der Waals surface area contributed by atoms with E-state index in [1.165, 1.54) is 58.9 Å². The Morgan fingerprint density at radius 1 is 0.702 bits per heavy atom. The summed E-state index contributed by atoms with van der Waals surface area (Å²) in [5, 5.41) is 25.1. The molecule has 0 saturated carbocycles. The molecule has 1 aromatic rings. The van der Waals surface area contributed by atoms with Crippen molar-refractivity contribution in [1.29, 1.82) is 0 Å². The van der Waals surface area contributed by atoms with Crippen molar-refractivity contribution in [2.24, 2.45) is 11.5 Å². The van der Waals surface area contributed by atoms with Crippen molar-refractivity contribution >= 4 is 47.0 Å². The summed E-state index contributed by atoms with van der Waals surface area (Å²) >= 11 is 0. The van der Waals surface area contributed by atoms with Crippen LogP contribution in [0.25, 0.3) is 0 Å². The number of rotatable bonds is 18. The van der Waals surface area contributed by atoms with E-state index in [0.29, 0.717) is 24.9 Å². The minimum absolute atomic E-state index is 0.0451. The van der Waals surface area contributed by atoms with Crippen molar-refractivity contribution in [3.05, 3.63) is 39.9 Å². The first-order chi connectivity index (χ1) is 22.0. The summed E-state index contributed by atoms with van der Waals surface area (Å²) in [6, 6.07) is -1.11. The van der Waals surface area contributed by atoms with Crippen molar-refractivity contribution < 1.29 is 38.5 Å². The summed E-state index contributed by atoms with van der Waals surface area (Å²) in [5.41, 5.74) is 11.9. The number of imide groups is 1. The van der Waals surface area contributed by atoms with E-state index in [1.807, 2.05) is 0 Å². The molecule has 0 unspecified atom stereocenters. The van der Waals surface area contributed by atoms with Gasteiger partial charge in [-0.15, -0.1) is 0 Å². The Balaban J connectivity index is 2.72. The minimum Gasteiger partial charge on any atom is -0.345 e. The second-order valence-corrected chi connectivity index (χ2v) is 11.0. The highest BCUT2D eigenvalue weighted by Gasteiger charge is 2.29. The Bertz CT molecular complexity index is 1310. The lowest BCUT2D eigenvalue weighted by atomic mass is 10.1. The number of unbranched alkanes of at least 4 members (excludes halogenated alkanes) is 1. The maximum atomic E-state index is 13.0. The van der Waals surface area contributed by atoms with Gasteiger partial charge in [-0.25, -0.2) is 0 Å². The van der Waals surface area contributed by atoms with Crippen LogP contribution in [0.1, 0.15) is 59.4 Å². The minimum atomic E-state index is -1.23. The van der Waals surface area contributed by atoms with Gasteiger partial charge in [0, 0.05) is 19.1 Å². The number of hydrogen-bond acceptors (Lipinski definition) is 11. The van der Waals surface area contributed by atoms with Crippen LogP contribution in [-0.4, -0.2) is 89.1 Å². The van der Waals surface area contributed by atoms with E-state index in [-0.39, 0.29) is 18.5 Å². The number of nitrogens with two attached hydrogens (primary N) is 2. The lowest BCUT2D eigenvalue weighted by molar-refractivity contribution is -0.384. The fraction of sp³-hybridized carbons (Fsp3) is 0.552. The van der Waals surface area contributed by atoms with E-state index < -0.39 is 82.5 Å². The third kappa shape index (κ3) is 14.3. The van der Waals surface area contributed by atoms with Gasteiger partial charge in [0.15, 0.2) is 0 Å². The number of carbonyl (C=O) groups excluding carboxylic acids is 7. The fourth-order valence-corrected chi connectivity index (χ4v) is 4.04. The molecule has 0 aliphatic heterocycles. The largest absolute Gasteiger partial charge is 0.345 e. The number of nitrogens with one attached hydrogen (secondary N) is 6. The standard InChI is InChI=1S/C29H45N9O9/c1-15(32-19(5)39)24(40)33-17(3)26(42)36-23(8-6-7-13-30)29(45)37-27(43)18(4)34-25(41)16(2)35-28(44)22(31)14-20-9-11-21(12-10-20)38(46)47/h9-12,15-18,22-23H,6-8,13-14,30-31H2,1-5H3,(H,32,39)(H,33,40)(H,34,41)(H,35,44)(H,36,42)(H,37,43,45)/t15-,16-,17-,18-,22-,23-/m0/s1. The molecule has 260 valence electrons. The first kappa shape index (κ1) is 40.1. The van der Waals surface area contributed by atoms with E-state index in [0.717, 1.165) is 0 Å². The number of benzene rings is 1. The van der Waals surface area contributed by atoms with Crippen molar-refractivity contribution in [2.75, 3.05) is 6.54 Å². The van der Waals surface area contributed by atoms with Gasteiger partial charge in [0.1, 0.15) is 30.2 Å². The molecule has 0 fully saturated rings. The highest BCUT2D eigenvalue weighted by molar-refractivity contribution is 6.03. The molecule has 6 atom stereocenters. The first-order valence-electron chi connectivity index (χ1n) is 15.0. The molecule has 0 heterocycles. The van der Waals surface area contributed by atoms with Crippen LogP contribution in [0, 0.1) is 10.1 Å². The van der Waals surface area contributed by atoms with Crippen LogP contribution in [0.5, 0.6) is 0 Å². The van der Waals surface area contributed by atoms with E-state index in [2.05, 4.69) is 31.9 Å². The van der Waals surface area contributed by atoms with Crippen LogP contribution < -0.4 is 43.4 Å². The number of carbonyl (C=O) groups is 7. The molecule has 1 aromatic carbocycles. The highest BCUT2D eigenvalue weighted by Crippen LogP contribution is 2.13. The summed E-state index contributed by atoms with van der Waals surface area (Å²) in [5.74, 6) is -4.94. The van der Waals surface area contributed by atoms with Gasteiger partial charge in [0.25, 0.3) is 5.69 Å². The average molecular weight is 664 g/mol. The molecule has 18 nitrogen and oxygen atoms in total. The fourth-order valence-electron chi connectivity index (χ4n) is 4.04. The molecule has 1 rings (SSSR count). The lowest BCUT2D eigenvalue weighted by Gasteiger charge is -2.23. The van der Waals surface area contributed by atoms with Gasteiger partial charge >= 0.3 is 0 Å². The zero-order valence-corrected chi connectivity index (χ0v) is 27.1. The summed E-state index contributed by atoms with van der Waals surface area (Å²) < 4.78 is 0. The second kappa shape index (κ2) is 19.5. The van der Waals surface area contributed by atoms with Crippen LogP contribution in [0.2, 0.25) is 0 Å². The van der Waals surface area contributed by atoms with Crippen LogP contribution in [0.4, 0.5) is 5.69 Å². The first-order valence-corrected chi connectivity index (χ1v) is 15.0. The molecule has 18 heteroatoms. The van der Waals surface area contributed by atoms with Gasteiger partial charge in [-0.2, -0.15) is 0 Å². The van der Waals surface area contributed by atoms with Crippen molar-refractivity contribution in [3.63, 3.8) is 0 Å². The normalized spacial score (nSPS) is 14.5. The van der Waals surface area contributed by atoms with Gasteiger partial charge in [-0.1, -0.05) is 12.1 Å². The molecular formula is C29H45N9O9. The third-order valence-electron chi connectivity index (χ3n) is 6.84. The number of nitrogens with zero attached hydrogens (tertiary/aromatic N) is 1. The number of non-ortho nitro benzene ring substituents is 1. The number of nitro groups is 1. The summed E-state index contributed by atoms with van der Waals surface area (Å²) in [7, 11) is 0. The van der Waals surface area contributed by atoms with Crippen molar-refractivity contribution in [2.45, 2.75) is 96.6 Å². The van der Waals surface area contributed by atoms with Crippen LogP contribution >= 0.6 is 0 Å². The zero-order chi connectivity index (χ0) is 35.8. The Morgan fingerprint density at radius 2 is 1.17 bits per heavy atom. The van der Waals surface area contributed by atoms with Gasteiger partial charge in [-0.3, -0.25) is 49.0 Å². The second-order valence-electron chi connectivity index (χ2n) is 11.0. The van der Waals surface area contributed by atoms with Gasteiger partial charge in [-0.05, 0) is 65.5 Å². The Morgan fingerprint density at radius 3 is 1.66 bits per heavy atom. The third-order valence-corrected chi connectivity index (χ3v) is 6.84. The Labute approximate surface area is 272 Å². The van der Waals surface area contributed by atoms with Crippen LogP contribution in [0.3, 0.4) is 0 Å². The van der Waals surface area contributed by atoms with Gasteiger partial charge in [0.05, 0.1) is 11.0 Å². The quantitative estimate of drug-likeness (QED) is 0.0472. The van der Waals surface area contributed by atoms with Crippen molar-refractivity contribution in [3.8, 4) is 0 Å². The lowest BCUT2D eigenvalue weighted by Crippen LogP contribution is -2.58. The molecule has 0 aliphatic rings.